The lowest BCUT2D eigenvalue weighted by molar-refractivity contribution is -0.746. The van der Waals surface area contributed by atoms with E-state index in [4.69, 9.17) is 16.7 Å². The highest BCUT2D eigenvalue weighted by Crippen LogP contribution is 2.25. The van der Waals surface area contributed by atoms with Crippen molar-refractivity contribution < 1.29 is 28.5 Å². The molecule has 14 heteroatoms. The number of aromatic nitrogens is 2. The fraction of sp³-hybridized carbons (Fsp3) is 0.217. The molecule has 4 rings (SSSR count). The number of benzene rings is 2. The molecule has 0 spiro atoms. The van der Waals surface area contributed by atoms with Crippen molar-refractivity contribution in [2.24, 2.45) is 7.05 Å². The number of aryl methyl sites for hydroxylation is 1. The normalized spacial score (nSPS) is 15.1. The molecule has 2 N–H and O–H groups in total. The van der Waals surface area contributed by atoms with Crippen molar-refractivity contribution in [3.05, 3.63) is 76.0 Å². The van der Waals surface area contributed by atoms with E-state index in [1.807, 2.05) is 0 Å². The Labute approximate surface area is 215 Å². The fourth-order valence-corrected chi connectivity index (χ4v) is 4.03. The summed E-state index contributed by atoms with van der Waals surface area (Å²) in [6.45, 7) is 0.0226. The Kier molecular flexibility index (Phi) is 7.20. The van der Waals surface area contributed by atoms with Crippen LogP contribution in [0.2, 0.25) is 0 Å². The number of non-ortho nitro benzene ring substituents is 1. The van der Waals surface area contributed by atoms with E-state index in [2.05, 4.69) is 15.9 Å². The summed E-state index contributed by atoms with van der Waals surface area (Å²) in [5, 5.41) is 20.2. The highest BCUT2D eigenvalue weighted by Gasteiger charge is 2.43. The van der Waals surface area contributed by atoms with Crippen LogP contribution >= 0.6 is 12.2 Å². The van der Waals surface area contributed by atoms with Gasteiger partial charge in [-0.25, -0.2) is 0 Å². The number of carbonyl (C=O) groups excluding carboxylic acids is 3. The van der Waals surface area contributed by atoms with Gasteiger partial charge in [0.15, 0.2) is 12.2 Å². The van der Waals surface area contributed by atoms with Gasteiger partial charge < -0.3 is 10.2 Å². The Morgan fingerprint density at radius 2 is 1.84 bits per heavy atom. The molecule has 1 atom stereocenters. The Balaban J connectivity index is 1.50. The van der Waals surface area contributed by atoms with Gasteiger partial charge in [0.05, 0.1) is 11.3 Å². The van der Waals surface area contributed by atoms with Crippen molar-refractivity contribution in [2.75, 3.05) is 17.7 Å². The van der Waals surface area contributed by atoms with Crippen LogP contribution in [0.15, 0.2) is 59.1 Å². The van der Waals surface area contributed by atoms with Crippen LogP contribution in [0.5, 0.6) is 0 Å². The van der Waals surface area contributed by atoms with Crippen LogP contribution in [0.3, 0.4) is 0 Å². The third-order valence-corrected chi connectivity index (χ3v) is 6.26. The fourth-order valence-electron chi connectivity index (χ4n) is 3.75. The monoisotopic (exact) mass is 524 g/mol. The SMILES string of the molecule is CN1C(=O)C(CC(=O)Nc2ccc([N+](=O)[O-])cc2)N(Cc2c(NC(=O)c3ccccc3)on[n+]2C)C1=S. The van der Waals surface area contributed by atoms with Gasteiger partial charge in [0.2, 0.25) is 11.2 Å². The minimum Gasteiger partial charge on any atom is -0.326 e. The summed E-state index contributed by atoms with van der Waals surface area (Å²) < 4.78 is 6.70. The molecule has 1 saturated heterocycles. The summed E-state index contributed by atoms with van der Waals surface area (Å²) in [4.78, 5) is 51.4. The maximum atomic E-state index is 12.9. The number of nitrogens with zero attached hydrogens (tertiary/aromatic N) is 5. The van der Waals surface area contributed by atoms with Crippen LogP contribution in [0.1, 0.15) is 22.5 Å². The van der Waals surface area contributed by atoms with Crippen molar-refractivity contribution in [3.8, 4) is 0 Å². The molecule has 1 unspecified atom stereocenters. The number of hydrogen-bond donors (Lipinski definition) is 2. The van der Waals surface area contributed by atoms with Crippen LogP contribution in [0, 0.1) is 10.1 Å². The van der Waals surface area contributed by atoms with Crippen LogP contribution in [-0.2, 0) is 23.2 Å². The minimum atomic E-state index is -0.928. The van der Waals surface area contributed by atoms with Crippen LogP contribution in [0.25, 0.3) is 0 Å². The van der Waals surface area contributed by atoms with Gasteiger partial charge in [0, 0.05) is 30.4 Å². The van der Waals surface area contributed by atoms with Gasteiger partial charge >= 0.3 is 5.88 Å². The van der Waals surface area contributed by atoms with Crippen molar-refractivity contribution in [1.29, 1.82) is 0 Å². The number of likely N-dealkylation sites (N-methyl/N-ethyl adjacent to an activating group) is 1. The summed E-state index contributed by atoms with van der Waals surface area (Å²) in [5.74, 6) is -1.19. The van der Waals surface area contributed by atoms with E-state index < -0.39 is 22.8 Å². The zero-order valence-electron chi connectivity index (χ0n) is 19.8. The molecule has 1 aromatic heterocycles. The first-order chi connectivity index (χ1) is 17.7. The summed E-state index contributed by atoms with van der Waals surface area (Å²) in [7, 11) is 3.12. The summed E-state index contributed by atoms with van der Waals surface area (Å²) >= 11 is 5.45. The number of nitrogens with one attached hydrogen (secondary N) is 2. The predicted octanol–water partition coefficient (Wildman–Crippen LogP) is 1.62. The number of nitro groups is 1. The van der Waals surface area contributed by atoms with Crippen molar-refractivity contribution >= 4 is 52.3 Å². The zero-order valence-corrected chi connectivity index (χ0v) is 20.6. The molecule has 0 aliphatic carbocycles. The smallest absolute Gasteiger partial charge is 0.307 e. The van der Waals surface area contributed by atoms with E-state index in [1.165, 1.54) is 40.9 Å². The van der Waals surface area contributed by atoms with Gasteiger partial charge in [0.1, 0.15) is 12.6 Å². The summed E-state index contributed by atoms with van der Waals surface area (Å²) in [6, 6.07) is 13.0. The quantitative estimate of drug-likeness (QED) is 0.194. The molecule has 1 fully saturated rings. The maximum absolute atomic E-state index is 12.9. The van der Waals surface area contributed by atoms with Crippen molar-refractivity contribution in [1.82, 2.24) is 15.1 Å². The first-order valence-corrected chi connectivity index (χ1v) is 11.4. The second-order valence-electron chi connectivity index (χ2n) is 8.17. The standard InChI is InChI=1S/C23H21N7O6S/c1-27-22(33)17(12-19(31)24-15-8-10-16(11-9-15)30(34)35)29(23(27)37)13-18-21(36-26-28(18)2)25-20(32)14-6-4-3-5-7-14/h3-11,17H,12-13H2,1-2H3,(H-,24,25,26,31,32)/p+1. The summed E-state index contributed by atoms with van der Waals surface area (Å²) in [5.41, 5.74) is 1.08. The molecule has 0 radical (unpaired) electrons. The number of anilines is 2. The minimum absolute atomic E-state index is 0.0226. The number of thiocarbonyl (C=S) groups is 1. The molecule has 1 aliphatic rings. The predicted molar refractivity (Wildman–Crippen MR) is 133 cm³/mol. The van der Waals surface area contributed by atoms with E-state index in [0.717, 1.165) is 0 Å². The van der Waals surface area contributed by atoms with E-state index >= 15 is 0 Å². The van der Waals surface area contributed by atoms with Crippen molar-refractivity contribution in [2.45, 2.75) is 19.0 Å². The molecule has 3 amide bonds. The second kappa shape index (κ2) is 10.5. The number of amides is 3. The molecule has 190 valence electrons. The van der Waals surface area contributed by atoms with E-state index in [-0.39, 0.29) is 35.6 Å². The molecular formula is C23H22N7O6S+. The molecule has 0 bridgehead atoms. The van der Waals surface area contributed by atoms with Gasteiger partial charge in [-0.2, -0.15) is 0 Å². The van der Waals surface area contributed by atoms with Crippen molar-refractivity contribution in [3.63, 3.8) is 0 Å². The molecule has 13 nitrogen and oxygen atoms in total. The Hall–Kier alpha value is -4.72. The average molecular weight is 525 g/mol. The Morgan fingerprint density at radius 1 is 1.16 bits per heavy atom. The van der Waals surface area contributed by atoms with E-state index in [1.54, 1.807) is 42.3 Å². The van der Waals surface area contributed by atoms with E-state index in [9.17, 15) is 24.5 Å². The average Bonchev–Trinajstić information content (AvgIpc) is 3.32. The second-order valence-corrected chi connectivity index (χ2v) is 8.54. The number of carbonyl (C=O) groups is 3. The Bertz CT molecular complexity index is 1380. The lowest BCUT2D eigenvalue weighted by atomic mass is 10.1. The largest absolute Gasteiger partial charge is 0.326 e. The highest BCUT2D eigenvalue weighted by molar-refractivity contribution is 7.80. The van der Waals surface area contributed by atoms with Gasteiger partial charge in [-0.3, -0.25) is 39.2 Å². The number of hydrogen-bond acceptors (Lipinski definition) is 8. The van der Waals surface area contributed by atoms with Gasteiger partial charge in [-0.15, -0.1) is 0 Å². The van der Waals surface area contributed by atoms with Crippen LogP contribution in [0.4, 0.5) is 17.3 Å². The molecule has 37 heavy (non-hydrogen) atoms. The number of nitro benzene ring substituents is 1. The molecule has 1 aliphatic heterocycles. The highest BCUT2D eigenvalue weighted by atomic mass is 32.1. The topological polar surface area (TPSA) is 155 Å². The lowest BCUT2D eigenvalue weighted by Crippen LogP contribution is -2.42. The first-order valence-electron chi connectivity index (χ1n) is 11.0. The molecule has 2 aromatic carbocycles. The first kappa shape index (κ1) is 25.4. The lowest BCUT2D eigenvalue weighted by Gasteiger charge is -2.21. The van der Waals surface area contributed by atoms with Gasteiger partial charge in [-0.1, -0.05) is 18.2 Å². The Morgan fingerprint density at radius 3 is 2.49 bits per heavy atom. The third-order valence-electron chi connectivity index (χ3n) is 5.76. The van der Waals surface area contributed by atoms with E-state index in [0.29, 0.717) is 16.9 Å². The molecule has 3 aromatic rings. The van der Waals surface area contributed by atoms with Crippen LogP contribution in [-0.4, -0.2) is 55.9 Å². The van der Waals surface area contributed by atoms with Crippen LogP contribution < -0.4 is 15.3 Å². The molecular weight excluding hydrogens is 502 g/mol. The summed E-state index contributed by atoms with van der Waals surface area (Å²) in [6.07, 6.45) is -0.235. The molecule has 2 heterocycles. The van der Waals surface area contributed by atoms with Gasteiger partial charge in [-0.05, 0) is 41.2 Å². The maximum Gasteiger partial charge on any atom is 0.307 e. The molecule has 0 saturated carbocycles. The van der Waals surface area contributed by atoms with Gasteiger partial charge in [0.25, 0.3) is 23.2 Å². The third kappa shape index (κ3) is 5.43. The zero-order chi connectivity index (χ0) is 26.7. The number of rotatable bonds is 8.